The van der Waals surface area contributed by atoms with Crippen molar-refractivity contribution in [3.8, 4) is 0 Å². The molecule has 1 saturated carbocycles. The second-order valence-electron chi connectivity index (χ2n) is 5.77. The predicted molar refractivity (Wildman–Crippen MR) is 66.3 cm³/mol. The number of nitrogens with two attached hydrogens (primary N) is 1. The second kappa shape index (κ2) is 3.63. The van der Waals surface area contributed by atoms with Gasteiger partial charge in [-0.3, -0.25) is 0 Å². The van der Waals surface area contributed by atoms with E-state index in [-0.39, 0.29) is 0 Å². The van der Waals surface area contributed by atoms with Crippen molar-refractivity contribution in [3.63, 3.8) is 0 Å². The summed E-state index contributed by atoms with van der Waals surface area (Å²) in [5, 5.41) is 0. The van der Waals surface area contributed by atoms with Gasteiger partial charge in [0.15, 0.2) is 0 Å². The molecule has 1 heterocycles. The Morgan fingerprint density at radius 1 is 1.50 bits per heavy atom. The van der Waals surface area contributed by atoms with Crippen LogP contribution in [0, 0.1) is 18.8 Å². The minimum absolute atomic E-state index is 0.292. The average Bonchev–Trinajstić information content (AvgIpc) is 2.84. The van der Waals surface area contributed by atoms with Crippen LogP contribution in [0.5, 0.6) is 0 Å². The molecule has 3 rings (SSSR count). The van der Waals surface area contributed by atoms with E-state index in [4.69, 9.17) is 5.73 Å². The Morgan fingerprint density at radius 3 is 2.94 bits per heavy atom. The van der Waals surface area contributed by atoms with E-state index in [0.717, 1.165) is 18.3 Å². The van der Waals surface area contributed by atoms with Gasteiger partial charge in [-0.05, 0) is 56.1 Å². The Hall–Kier alpha value is -0.760. The Morgan fingerprint density at radius 2 is 2.25 bits per heavy atom. The van der Waals surface area contributed by atoms with Gasteiger partial charge in [0.1, 0.15) is 0 Å². The molecule has 2 aliphatic rings. The first-order chi connectivity index (χ1) is 7.66. The van der Waals surface area contributed by atoms with E-state index in [2.05, 4.69) is 24.5 Å². The standard InChI is InChI=1S/C14H22N2/c1-9-6-11(9)8-16-10(2)7-12-13(15)4-3-5-14(12)16/h7,9,11,13H,3-6,8,15H2,1-2H3. The molecule has 0 saturated heterocycles. The van der Waals surface area contributed by atoms with Gasteiger partial charge < -0.3 is 10.3 Å². The third-order valence-electron chi connectivity index (χ3n) is 4.47. The number of aryl methyl sites for hydroxylation is 1. The molecule has 88 valence electrons. The maximum atomic E-state index is 6.19. The molecule has 2 nitrogen and oxygen atoms in total. The summed E-state index contributed by atoms with van der Waals surface area (Å²) in [6.45, 7) is 5.83. The Kier molecular flexibility index (Phi) is 2.36. The van der Waals surface area contributed by atoms with Crippen LogP contribution in [0.3, 0.4) is 0 Å². The highest BCUT2D eigenvalue weighted by atomic mass is 15.0. The number of hydrogen-bond donors (Lipinski definition) is 1. The van der Waals surface area contributed by atoms with Gasteiger partial charge in [0.2, 0.25) is 0 Å². The molecule has 3 unspecified atom stereocenters. The monoisotopic (exact) mass is 218 g/mol. The lowest BCUT2D eigenvalue weighted by atomic mass is 9.93. The van der Waals surface area contributed by atoms with E-state index in [0.29, 0.717) is 6.04 Å². The summed E-state index contributed by atoms with van der Waals surface area (Å²) in [6.07, 6.45) is 5.07. The summed E-state index contributed by atoms with van der Waals surface area (Å²) < 4.78 is 2.54. The van der Waals surface area contributed by atoms with Gasteiger partial charge in [-0.25, -0.2) is 0 Å². The molecule has 2 aliphatic carbocycles. The quantitative estimate of drug-likeness (QED) is 0.813. The van der Waals surface area contributed by atoms with E-state index in [1.54, 1.807) is 0 Å². The molecule has 1 aromatic rings. The summed E-state index contributed by atoms with van der Waals surface area (Å²) in [4.78, 5) is 0. The predicted octanol–water partition coefficient (Wildman–Crippen LogP) is 2.79. The summed E-state index contributed by atoms with van der Waals surface area (Å²) in [5.74, 6) is 1.86. The zero-order valence-electron chi connectivity index (χ0n) is 10.4. The smallest absolute Gasteiger partial charge is 0.0313 e. The molecule has 3 atom stereocenters. The molecule has 0 aliphatic heterocycles. The molecule has 0 amide bonds. The van der Waals surface area contributed by atoms with Gasteiger partial charge in [0.05, 0.1) is 0 Å². The van der Waals surface area contributed by atoms with Crippen LogP contribution in [0.15, 0.2) is 6.07 Å². The van der Waals surface area contributed by atoms with Gasteiger partial charge >= 0.3 is 0 Å². The topological polar surface area (TPSA) is 30.9 Å². The molecule has 2 N–H and O–H groups in total. The highest BCUT2D eigenvalue weighted by molar-refractivity contribution is 5.32. The van der Waals surface area contributed by atoms with E-state index < -0.39 is 0 Å². The van der Waals surface area contributed by atoms with Crippen molar-refractivity contribution in [1.82, 2.24) is 4.57 Å². The lowest BCUT2D eigenvalue weighted by Gasteiger charge is -2.21. The zero-order chi connectivity index (χ0) is 11.3. The molecule has 2 heteroatoms. The number of hydrogen-bond acceptors (Lipinski definition) is 1. The minimum atomic E-state index is 0.292. The molecule has 0 aromatic carbocycles. The van der Waals surface area contributed by atoms with Crippen LogP contribution in [-0.4, -0.2) is 4.57 Å². The van der Waals surface area contributed by atoms with Crippen LogP contribution in [0.2, 0.25) is 0 Å². The van der Waals surface area contributed by atoms with Crippen LogP contribution < -0.4 is 5.73 Å². The molecule has 0 radical (unpaired) electrons. The Labute approximate surface area is 97.8 Å². The SMILES string of the molecule is Cc1cc2c(n1CC1CC1C)CCCC2N. The Balaban J connectivity index is 1.91. The fourth-order valence-electron chi connectivity index (χ4n) is 3.14. The Bertz CT molecular complexity index is 405. The maximum absolute atomic E-state index is 6.19. The summed E-state index contributed by atoms with van der Waals surface area (Å²) in [6, 6.07) is 2.62. The third kappa shape index (κ3) is 1.60. The molecule has 16 heavy (non-hydrogen) atoms. The highest BCUT2D eigenvalue weighted by Gasteiger charge is 2.34. The molecular formula is C14H22N2. The minimum Gasteiger partial charge on any atom is -0.348 e. The van der Waals surface area contributed by atoms with Gasteiger partial charge in [-0.1, -0.05) is 6.92 Å². The first-order valence-electron chi connectivity index (χ1n) is 6.61. The molecule has 1 fully saturated rings. The lowest BCUT2D eigenvalue weighted by Crippen LogP contribution is -2.18. The van der Waals surface area contributed by atoms with E-state index in [1.807, 2.05) is 0 Å². The van der Waals surface area contributed by atoms with Crippen molar-refractivity contribution in [2.75, 3.05) is 0 Å². The lowest BCUT2D eigenvalue weighted by molar-refractivity contribution is 0.514. The largest absolute Gasteiger partial charge is 0.348 e. The van der Waals surface area contributed by atoms with Gasteiger partial charge in [-0.15, -0.1) is 0 Å². The summed E-state index contributed by atoms with van der Waals surface area (Å²) >= 11 is 0. The van der Waals surface area contributed by atoms with Crippen molar-refractivity contribution >= 4 is 0 Å². The summed E-state index contributed by atoms with van der Waals surface area (Å²) in [7, 11) is 0. The number of aromatic nitrogens is 1. The maximum Gasteiger partial charge on any atom is 0.0313 e. The number of nitrogens with zero attached hydrogens (tertiary/aromatic N) is 1. The number of fused-ring (bicyclic) bond motifs is 1. The zero-order valence-corrected chi connectivity index (χ0v) is 10.4. The van der Waals surface area contributed by atoms with E-state index in [9.17, 15) is 0 Å². The third-order valence-corrected chi connectivity index (χ3v) is 4.47. The summed E-state index contributed by atoms with van der Waals surface area (Å²) in [5.41, 5.74) is 10.6. The van der Waals surface area contributed by atoms with E-state index in [1.165, 1.54) is 42.8 Å². The average molecular weight is 218 g/mol. The fraction of sp³-hybridized carbons (Fsp3) is 0.714. The molecular weight excluding hydrogens is 196 g/mol. The molecule has 1 aromatic heterocycles. The van der Waals surface area contributed by atoms with Crippen LogP contribution in [0.4, 0.5) is 0 Å². The van der Waals surface area contributed by atoms with E-state index >= 15 is 0 Å². The van der Waals surface area contributed by atoms with Crippen LogP contribution in [0.25, 0.3) is 0 Å². The van der Waals surface area contributed by atoms with Gasteiger partial charge in [-0.2, -0.15) is 0 Å². The highest BCUT2D eigenvalue weighted by Crippen LogP contribution is 2.41. The van der Waals surface area contributed by atoms with Crippen molar-refractivity contribution in [3.05, 3.63) is 23.0 Å². The van der Waals surface area contributed by atoms with Crippen LogP contribution in [0.1, 0.15) is 49.2 Å². The molecule has 0 bridgehead atoms. The second-order valence-corrected chi connectivity index (χ2v) is 5.77. The van der Waals surface area contributed by atoms with Crippen molar-refractivity contribution in [2.45, 2.75) is 52.1 Å². The normalized spacial score (nSPS) is 32.6. The van der Waals surface area contributed by atoms with Crippen molar-refractivity contribution in [1.29, 1.82) is 0 Å². The fourth-order valence-corrected chi connectivity index (χ4v) is 3.14. The number of rotatable bonds is 2. The van der Waals surface area contributed by atoms with Gasteiger partial charge in [0.25, 0.3) is 0 Å². The van der Waals surface area contributed by atoms with Crippen molar-refractivity contribution in [2.24, 2.45) is 17.6 Å². The first-order valence-corrected chi connectivity index (χ1v) is 6.61. The molecule has 0 spiro atoms. The first kappa shape index (κ1) is 10.4. The van der Waals surface area contributed by atoms with Crippen molar-refractivity contribution < 1.29 is 0 Å². The van der Waals surface area contributed by atoms with Crippen LogP contribution >= 0.6 is 0 Å². The van der Waals surface area contributed by atoms with Crippen LogP contribution in [-0.2, 0) is 13.0 Å². The van der Waals surface area contributed by atoms with Gasteiger partial charge in [0, 0.05) is 24.0 Å².